The molecular weight excluding hydrogens is 264 g/mol. The lowest BCUT2D eigenvalue weighted by Gasteiger charge is -2.24. The number of carbonyl (C=O) groups excluding carboxylic acids is 1. The van der Waals surface area contributed by atoms with Crippen LogP contribution in [0.3, 0.4) is 0 Å². The minimum absolute atomic E-state index is 0.300. The van der Waals surface area contributed by atoms with E-state index in [0.717, 1.165) is 18.7 Å². The molecule has 1 aliphatic rings. The van der Waals surface area contributed by atoms with E-state index in [0.29, 0.717) is 19.2 Å². The Labute approximate surface area is 126 Å². The van der Waals surface area contributed by atoms with Gasteiger partial charge in [-0.15, -0.1) is 0 Å². The number of carbonyl (C=O) groups is 1. The van der Waals surface area contributed by atoms with Gasteiger partial charge < -0.3 is 10.5 Å². The van der Waals surface area contributed by atoms with E-state index in [4.69, 9.17) is 10.5 Å². The summed E-state index contributed by atoms with van der Waals surface area (Å²) < 4.78 is 4.87. The number of nitrogens with zero attached hydrogens (tertiary/aromatic N) is 1. The average Bonchev–Trinajstić information content (AvgIpc) is 2.95. The minimum Gasteiger partial charge on any atom is -0.463 e. The fourth-order valence-electron chi connectivity index (χ4n) is 2.82. The third-order valence-corrected chi connectivity index (χ3v) is 3.80. The molecule has 1 aromatic carbocycles. The predicted octanol–water partition coefficient (Wildman–Crippen LogP) is 2.36. The summed E-state index contributed by atoms with van der Waals surface area (Å²) in [5.74, 6) is -0.300. The first-order valence-corrected chi connectivity index (χ1v) is 7.63. The molecule has 0 amide bonds. The molecule has 1 atom stereocenters. The fraction of sp³-hybridized carbons (Fsp3) is 0.471. The molecule has 0 unspecified atom stereocenters. The summed E-state index contributed by atoms with van der Waals surface area (Å²) in [6.07, 6.45) is 5.68. The molecule has 1 aromatic rings. The SMILES string of the molecule is CCOC(=O)/C=C/c1ccc([C@@H]2CCCN2CCN)cc1. The maximum absolute atomic E-state index is 11.3. The van der Waals surface area contributed by atoms with Crippen LogP contribution >= 0.6 is 0 Å². The lowest BCUT2D eigenvalue weighted by molar-refractivity contribution is -0.137. The highest BCUT2D eigenvalue weighted by Gasteiger charge is 2.24. The Balaban J connectivity index is 2.00. The van der Waals surface area contributed by atoms with E-state index in [2.05, 4.69) is 17.0 Å². The third kappa shape index (κ3) is 4.41. The summed E-state index contributed by atoms with van der Waals surface area (Å²) >= 11 is 0. The molecule has 4 nitrogen and oxygen atoms in total. The number of benzene rings is 1. The molecule has 4 heteroatoms. The summed E-state index contributed by atoms with van der Waals surface area (Å²) in [7, 11) is 0. The molecule has 2 rings (SSSR count). The molecule has 114 valence electrons. The van der Waals surface area contributed by atoms with Crippen LogP contribution < -0.4 is 5.73 Å². The van der Waals surface area contributed by atoms with E-state index in [9.17, 15) is 4.79 Å². The van der Waals surface area contributed by atoms with Gasteiger partial charge in [-0.05, 0) is 43.5 Å². The molecule has 0 radical (unpaired) electrons. The van der Waals surface area contributed by atoms with E-state index < -0.39 is 0 Å². The Bertz CT molecular complexity index is 482. The van der Waals surface area contributed by atoms with E-state index >= 15 is 0 Å². The lowest BCUT2D eigenvalue weighted by Crippen LogP contribution is -2.29. The van der Waals surface area contributed by atoms with Gasteiger partial charge in [0.15, 0.2) is 0 Å². The molecule has 21 heavy (non-hydrogen) atoms. The predicted molar refractivity (Wildman–Crippen MR) is 84.7 cm³/mol. The van der Waals surface area contributed by atoms with Gasteiger partial charge in [-0.25, -0.2) is 4.79 Å². The highest BCUT2D eigenvalue weighted by Crippen LogP contribution is 2.31. The van der Waals surface area contributed by atoms with Crippen LogP contribution in [0.15, 0.2) is 30.3 Å². The Hall–Kier alpha value is -1.65. The van der Waals surface area contributed by atoms with Crippen LogP contribution in [-0.4, -0.2) is 37.1 Å². The van der Waals surface area contributed by atoms with Crippen molar-refractivity contribution in [1.29, 1.82) is 0 Å². The second-order valence-electron chi connectivity index (χ2n) is 5.23. The maximum Gasteiger partial charge on any atom is 0.330 e. The highest BCUT2D eigenvalue weighted by atomic mass is 16.5. The van der Waals surface area contributed by atoms with Gasteiger partial charge in [0.25, 0.3) is 0 Å². The number of likely N-dealkylation sites (tertiary alicyclic amines) is 1. The first-order valence-electron chi connectivity index (χ1n) is 7.63. The van der Waals surface area contributed by atoms with Crippen molar-refractivity contribution in [2.24, 2.45) is 5.73 Å². The quantitative estimate of drug-likeness (QED) is 0.645. The van der Waals surface area contributed by atoms with Gasteiger partial charge in [-0.2, -0.15) is 0 Å². The van der Waals surface area contributed by atoms with Crippen molar-refractivity contribution >= 4 is 12.0 Å². The van der Waals surface area contributed by atoms with Crippen molar-refractivity contribution < 1.29 is 9.53 Å². The minimum atomic E-state index is -0.300. The van der Waals surface area contributed by atoms with Crippen LogP contribution in [-0.2, 0) is 9.53 Å². The number of esters is 1. The van der Waals surface area contributed by atoms with Crippen molar-refractivity contribution in [2.75, 3.05) is 26.2 Å². The molecule has 1 aliphatic heterocycles. The van der Waals surface area contributed by atoms with Gasteiger partial charge in [0.1, 0.15) is 0 Å². The molecule has 0 aromatic heterocycles. The topological polar surface area (TPSA) is 55.6 Å². The van der Waals surface area contributed by atoms with Crippen LogP contribution in [0, 0.1) is 0 Å². The number of ether oxygens (including phenoxy) is 1. The maximum atomic E-state index is 11.3. The van der Waals surface area contributed by atoms with Crippen LogP contribution in [0.5, 0.6) is 0 Å². The van der Waals surface area contributed by atoms with Gasteiger partial charge in [0, 0.05) is 25.2 Å². The standard InChI is InChI=1S/C17H24N2O2/c1-2-21-17(20)10-7-14-5-8-15(9-6-14)16-4-3-12-19(16)13-11-18/h5-10,16H,2-4,11-13,18H2,1H3/b10-7+/t16-/m0/s1. The molecular formula is C17H24N2O2. The number of hydrogen-bond acceptors (Lipinski definition) is 4. The number of hydrogen-bond donors (Lipinski definition) is 1. The second kappa shape index (κ2) is 7.96. The van der Waals surface area contributed by atoms with E-state index in [1.54, 1.807) is 13.0 Å². The monoisotopic (exact) mass is 288 g/mol. The smallest absolute Gasteiger partial charge is 0.330 e. The van der Waals surface area contributed by atoms with Crippen molar-refractivity contribution in [3.05, 3.63) is 41.5 Å². The van der Waals surface area contributed by atoms with Crippen molar-refractivity contribution in [3.8, 4) is 0 Å². The van der Waals surface area contributed by atoms with Crippen LogP contribution in [0.4, 0.5) is 0 Å². The van der Waals surface area contributed by atoms with Gasteiger partial charge in [-0.3, -0.25) is 4.90 Å². The van der Waals surface area contributed by atoms with Crippen molar-refractivity contribution in [3.63, 3.8) is 0 Å². The van der Waals surface area contributed by atoms with E-state index in [-0.39, 0.29) is 5.97 Å². The summed E-state index contributed by atoms with van der Waals surface area (Å²) in [5, 5.41) is 0. The van der Waals surface area contributed by atoms with Gasteiger partial charge in [0.2, 0.25) is 0 Å². The normalized spacial score (nSPS) is 19.2. The Morgan fingerprint density at radius 2 is 2.19 bits per heavy atom. The first kappa shape index (κ1) is 15.7. The summed E-state index contributed by atoms with van der Waals surface area (Å²) in [4.78, 5) is 13.7. The van der Waals surface area contributed by atoms with E-state index in [1.807, 2.05) is 12.1 Å². The fourth-order valence-corrected chi connectivity index (χ4v) is 2.82. The van der Waals surface area contributed by atoms with Gasteiger partial charge in [0.05, 0.1) is 6.61 Å². The molecule has 2 N–H and O–H groups in total. The van der Waals surface area contributed by atoms with Crippen molar-refractivity contribution in [2.45, 2.75) is 25.8 Å². The lowest BCUT2D eigenvalue weighted by atomic mass is 10.0. The average molecular weight is 288 g/mol. The second-order valence-corrected chi connectivity index (χ2v) is 5.23. The zero-order valence-corrected chi connectivity index (χ0v) is 12.6. The molecule has 0 saturated carbocycles. The van der Waals surface area contributed by atoms with Crippen LogP contribution in [0.2, 0.25) is 0 Å². The third-order valence-electron chi connectivity index (χ3n) is 3.80. The Morgan fingerprint density at radius 1 is 1.43 bits per heavy atom. The molecule has 0 spiro atoms. The molecule has 0 aliphatic carbocycles. The number of nitrogens with two attached hydrogens (primary N) is 1. The van der Waals surface area contributed by atoms with Crippen LogP contribution in [0.25, 0.3) is 6.08 Å². The summed E-state index contributed by atoms with van der Waals surface area (Å²) in [6, 6.07) is 8.86. The highest BCUT2D eigenvalue weighted by molar-refractivity contribution is 5.87. The molecule has 0 bridgehead atoms. The number of rotatable bonds is 6. The molecule has 1 saturated heterocycles. The molecule has 1 heterocycles. The molecule has 1 fully saturated rings. The van der Waals surface area contributed by atoms with Crippen molar-refractivity contribution in [1.82, 2.24) is 4.90 Å². The largest absolute Gasteiger partial charge is 0.463 e. The zero-order chi connectivity index (χ0) is 15.1. The first-order chi connectivity index (χ1) is 10.2. The Kier molecular flexibility index (Phi) is 5.96. The van der Waals surface area contributed by atoms with Gasteiger partial charge in [-0.1, -0.05) is 24.3 Å². The Morgan fingerprint density at radius 3 is 2.86 bits per heavy atom. The van der Waals surface area contributed by atoms with Gasteiger partial charge >= 0.3 is 5.97 Å². The zero-order valence-electron chi connectivity index (χ0n) is 12.6. The summed E-state index contributed by atoms with van der Waals surface area (Å²) in [5.41, 5.74) is 8.01. The van der Waals surface area contributed by atoms with E-state index in [1.165, 1.54) is 24.5 Å². The summed E-state index contributed by atoms with van der Waals surface area (Å²) in [6.45, 7) is 4.99. The van der Waals surface area contributed by atoms with Crippen LogP contribution in [0.1, 0.15) is 36.9 Å².